The first-order valence-electron chi connectivity index (χ1n) is 8.28. The van der Waals surface area contributed by atoms with Crippen molar-refractivity contribution in [3.63, 3.8) is 0 Å². The fourth-order valence-corrected chi connectivity index (χ4v) is 4.63. The fourth-order valence-electron chi connectivity index (χ4n) is 2.63. The molecular formula is C19H17ClN5PS. The van der Waals surface area contributed by atoms with E-state index in [1.165, 1.54) is 5.30 Å². The van der Waals surface area contributed by atoms with Crippen molar-refractivity contribution in [2.24, 2.45) is 0 Å². The van der Waals surface area contributed by atoms with Crippen molar-refractivity contribution in [2.75, 3.05) is 24.0 Å². The first-order chi connectivity index (χ1) is 13.1. The molecule has 2 aromatic heterocycles. The Labute approximate surface area is 167 Å². The van der Waals surface area contributed by atoms with E-state index in [0.717, 1.165) is 21.0 Å². The van der Waals surface area contributed by atoms with Crippen molar-refractivity contribution in [3.8, 4) is 0 Å². The van der Waals surface area contributed by atoms with Gasteiger partial charge < -0.3 is 5.32 Å². The number of hydrogen-bond acceptors (Lipinski definition) is 6. The average molecular weight is 414 g/mol. The Kier molecular flexibility index (Phi) is 5.21. The van der Waals surface area contributed by atoms with E-state index in [9.17, 15) is 0 Å². The third kappa shape index (κ3) is 4.03. The smallest absolute Gasteiger partial charge is 0.231 e. The van der Waals surface area contributed by atoms with Gasteiger partial charge in [0.2, 0.25) is 5.95 Å². The predicted molar refractivity (Wildman–Crippen MR) is 118 cm³/mol. The number of fused-ring (bicyclic) bond motifs is 1. The Hall–Kier alpha value is -2.27. The summed E-state index contributed by atoms with van der Waals surface area (Å²) in [6.07, 6.45) is 1.59. The van der Waals surface area contributed by atoms with E-state index in [0.29, 0.717) is 16.8 Å². The van der Waals surface area contributed by atoms with Crippen LogP contribution in [0.15, 0.2) is 54.7 Å². The van der Waals surface area contributed by atoms with Crippen molar-refractivity contribution in [1.82, 2.24) is 15.0 Å². The summed E-state index contributed by atoms with van der Waals surface area (Å²) < 4.78 is 1.11. The van der Waals surface area contributed by atoms with Crippen LogP contribution in [0.2, 0.25) is 5.02 Å². The quantitative estimate of drug-likeness (QED) is 0.417. The fraction of sp³-hybridized carbons (Fsp3) is 0.105. The number of para-hydroxylation sites is 2. The number of rotatable bonds is 5. The minimum Gasteiger partial charge on any atom is -0.338 e. The lowest BCUT2D eigenvalue weighted by molar-refractivity contribution is 1.16. The molecule has 0 aliphatic carbocycles. The van der Waals surface area contributed by atoms with Crippen LogP contribution >= 0.6 is 30.9 Å². The minimum absolute atomic E-state index is 0.254. The molecule has 0 bridgehead atoms. The van der Waals surface area contributed by atoms with E-state index in [1.807, 2.05) is 42.5 Å². The van der Waals surface area contributed by atoms with E-state index < -0.39 is 0 Å². The Morgan fingerprint density at radius 3 is 2.56 bits per heavy atom. The highest BCUT2D eigenvalue weighted by Crippen LogP contribution is 2.32. The van der Waals surface area contributed by atoms with Gasteiger partial charge in [0, 0.05) is 5.69 Å². The molecule has 0 aliphatic rings. The topological polar surface area (TPSA) is 62.7 Å². The molecule has 4 aromatic rings. The Morgan fingerprint density at radius 2 is 1.74 bits per heavy atom. The molecule has 0 fully saturated rings. The molecule has 0 amide bonds. The van der Waals surface area contributed by atoms with Crippen molar-refractivity contribution < 1.29 is 0 Å². The van der Waals surface area contributed by atoms with Crippen LogP contribution in [0.1, 0.15) is 0 Å². The summed E-state index contributed by atoms with van der Waals surface area (Å²) >= 11 is 7.88. The number of aromatic nitrogens is 3. The summed E-state index contributed by atoms with van der Waals surface area (Å²) in [4.78, 5) is 13.4. The van der Waals surface area contributed by atoms with E-state index >= 15 is 0 Å². The second-order valence-electron chi connectivity index (χ2n) is 6.04. The molecule has 0 radical (unpaired) electrons. The molecule has 0 atom stereocenters. The molecule has 2 heterocycles. The minimum atomic E-state index is -0.254. The predicted octanol–water partition coefficient (Wildman–Crippen LogP) is 5.59. The van der Waals surface area contributed by atoms with Gasteiger partial charge in [0.1, 0.15) is 5.02 Å². The molecule has 27 heavy (non-hydrogen) atoms. The van der Waals surface area contributed by atoms with Crippen molar-refractivity contribution in [1.29, 1.82) is 0 Å². The zero-order valence-corrected chi connectivity index (χ0v) is 17.2. The van der Waals surface area contributed by atoms with Gasteiger partial charge in [-0.25, -0.2) is 9.97 Å². The monoisotopic (exact) mass is 413 g/mol. The Bertz CT molecular complexity index is 1070. The van der Waals surface area contributed by atoms with Crippen LogP contribution in [-0.4, -0.2) is 28.3 Å². The molecule has 0 spiro atoms. The summed E-state index contributed by atoms with van der Waals surface area (Å²) in [5.74, 6) is 1.02. The van der Waals surface area contributed by atoms with Gasteiger partial charge in [-0.2, -0.15) is 4.98 Å². The third-order valence-electron chi connectivity index (χ3n) is 3.90. The largest absolute Gasteiger partial charge is 0.338 e. The molecule has 136 valence electrons. The Morgan fingerprint density at radius 1 is 0.963 bits per heavy atom. The summed E-state index contributed by atoms with van der Waals surface area (Å²) in [7, 11) is -0.254. The van der Waals surface area contributed by atoms with E-state index in [4.69, 9.17) is 11.6 Å². The normalized spacial score (nSPS) is 11.1. The van der Waals surface area contributed by atoms with Crippen LogP contribution < -0.4 is 15.9 Å². The molecule has 5 nitrogen and oxygen atoms in total. The lowest BCUT2D eigenvalue weighted by Gasteiger charge is -2.15. The zero-order valence-electron chi connectivity index (χ0n) is 14.8. The van der Waals surface area contributed by atoms with Crippen LogP contribution in [0, 0.1) is 0 Å². The number of nitrogens with zero attached hydrogens (tertiary/aromatic N) is 3. The second-order valence-corrected chi connectivity index (χ2v) is 9.75. The Balaban J connectivity index is 1.62. The molecule has 0 saturated carbocycles. The van der Waals surface area contributed by atoms with Gasteiger partial charge in [0.05, 0.1) is 16.4 Å². The number of hydrogen-bond donors (Lipinski definition) is 2. The summed E-state index contributed by atoms with van der Waals surface area (Å²) in [5, 5.41) is 9.01. The maximum atomic E-state index is 6.32. The number of anilines is 4. The highest BCUT2D eigenvalue weighted by atomic mass is 35.5. The van der Waals surface area contributed by atoms with E-state index in [2.05, 4.69) is 45.0 Å². The lowest BCUT2D eigenvalue weighted by atomic mass is 10.3. The van der Waals surface area contributed by atoms with Crippen LogP contribution in [-0.2, 0) is 0 Å². The van der Waals surface area contributed by atoms with E-state index in [1.54, 1.807) is 17.5 Å². The van der Waals surface area contributed by atoms with Crippen molar-refractivity contribution >= 4 is 69.0 Å². The van der Waals surface area contributed by atoms with Crippen molar-refractivity contribution in [3.05, 3.63) is 59.8 Å². The van der Waals surface area contributed by atoms with Crippen LogP contribution in [0.5, 0.6) is 0 Å². The standard InChI is InChI=1S/C19H17ClN5PS/c1-26(2)15-9-5-3-7-13(15)22-17-12(20)11-21-18(24-17)25-19-23-14-8-4-6-10-16(14)27-19/h3-11H,1-2H3,(H2,21,22,23,24,25). The molecule has 0 aliphatic heterocycles. The number of nitrogens with one attached hydrogen (secondary N) is 2. The summed E-state index contributed by atoms with van der Waals surface area (Å²) in [6.45, 7) is 4.44. The number of halogens is 1. The van der Waals surface area contributed by atoms with E-state index in [-0.39, 0.29) is 7.92 Å². The van der Waals surface area contributed by atoms with Crippen LogP contribution in [0.4, 0.5) is 22.6 Å². The second kappa shape index (κ2) is 7.77. The van der Waals surface area contributed by atoms with Gasteiger partial charge in [-0.1, -0.05) is 61.2 Å². The van der Waals surface area contributed by atoms with Crippen LogP contribution in [0.25, 0.3) is 10.2 Å². The highest BCUT2D eigenvalue weighted by Gasteiger charge is 2.11. The number of thiazole rings is 1. The molecular weight excluding hydrogens is 397 g/mol. The molecule has 4 rings (SSSR count). The maximum absolute atomic E-state index is 6.32. The zero-order chi connectivity index (χ0) is 18.8. The molecule has 8 heteroatoms. The van der Waals surface area contributed by atoms with Crippen molar-refractivity contribution in [2.45, 2.75) is 0 Å². The summed E-state index contributed by atoms with van der Waals surface area (Å²) in [6, 6.07) is 16.2. The molecule has 2 aromatic carbocycles. The average Bonchev–Trinajstić information content (AvgIpc) is 3.07. The van der Waals surface area contributed by atoms with Gasteiger partial charge in [-0.3, -0.25) is 5.32 Å². The first kappa shape index (κ1) is 18.1. The third-order valence-corrected chi connectivity index (χ3v) is 6.48. The van der Waals surface area contributed by atoms with Gasteiger partial charge in [0.15, 0.2) is 10.9 Å². The SMILES string of the molecule is CP(C)c1ccccc1Nc1nc(Nc2nc3ccccc3s2)ncc1Cl. The number of benzene rings is 2. The molecule has 0 saturated heterocycles. The van der Waals surface area contributed by atoms with Gasteiger partial charge in [0.25, 0.3) is 0 Å². The van der Waals surface area contributed by atoms with Gasteiger partial charge in [-0.05, 0) is 36.8 Å². The lowest BCUT2D eigenvalue weighted by Crippen LogP contribution is -2.09. The molecule has 0 unspecified atom stereocenters. The first-order valence-corrected chi connectivity index (χ1v) is 11.7. The summed E-state index contributed by atoms with van der Waals surface area (Å²) in [5.41, 5.74) is 1.96. The van der Waals surface area contributed by atoms with Gasteiger partial charge in [-0.15, -0.1) is 0 Å². The van der Waals surface area contributed by atoms with Crippen LogP contribution in [0.3, 0.4) is 0 Å². The maximum Gasteiger partial charge on any atom is 0.231 e. The molecule has 2 N–H and O–H groups in total. The highest BCUT2D eigenvalue weighted by molar-refractivity contribution is 7.64. The van der Waals surface area contributed by atoms with Gasteiger partial charge >= 0.3 is 0 Å².